The number of aliphatic hydroxyl groups is 1. The van der Waals surface area contributed by atoms with E-state index in [0.29, 0.717) is 29.7 Å². The molecule has 0 aliphatic heterocycles. The first kappa shape index (κ1) is 16.2. The molecule has 1 aromatic carbocycles. The number of ketones is 1. The fourth-order valence-electron chi connectivity index (χ4n) is 2.28. The van der Waals surface area contributed by atoms with Gasteiger partial charge in [0, 0.05) is 18.2 Å². The van der Waals surface area contributed by atoms with Crippen LogP contribution in [0.25, 0.3) is 0 Å². The third kappa shape index (κ3) is 4.60. The van der Waals surface area contributed by atoms with E-state index in [9.17, 15) is 4.79 Å². The normalized spacial score (nSPS) is 11.3. The molecule has 3 nitrogen and oxygen atoms in total. The Balaban J connectivity index is 2.79. The molecule has 0 aliphatic carbocycles. The van der Waals surface area contributed by atoms with Crippen molar-refractivity contribution in [1.29, 1.82) is 0 Å². The third-order valence-electron chi connectivity index (χ3n) is 3.37. The summed E-state index contributed by atoms with van der Waals surface area (Å²) in [4.78, 5) is 14.3. The molecule has 0 saturated heterocycles. The minimum absolute atomic E-state index is 0.00551. The van der Waals surface area contributed by atoms with Crippen molar-refractivity contribution in [3.05, 3.63) is 34.9 Å². The van der Waals surface area contributed by atoms with Gasteiger partial charge in [0.05, 0.1) is 18.2 Å². The Morgan fingerprint density at radius 1 is 1.32 bits per heavy atom. The summed E-state index contributed by atoms with van der Waals surface area (Å²) in [5.74, 6) is 0.00551. The molecular weight excluding hydrogens is 262 g/mol. The van der Waals surface area contributed by atoms with Gasteiger partial charge >= 0.3 is 0 Å². The highest BCUT2D eigenvalue weighted by Gasteiger charge is 2.19. The molecule has 19 heavy (non-hydrogen) atoms. The smallest absolute Gasteiger partial charge is 0.178 e. The van der Waals surface area contributed by atoms with E-state index in [2.05, 4.69) is 13.8 Å². The summed E-state index contributed by atoms with van der Waals surface area (Å²) in [7, 11) is 0. The van der Waals surface area contributed by atoms with Crippen LogP contribution in [0.5, 0.6) is 0 Å². The van der Waals surface area contributed by atoms with Gasteiger partial charge < -0.3 is 5.11 Å². The fraction of sp³-hybridized carbons (Fsp3) is 0.533. The summed E-state index contributed by atoms with van der Waals surface area (Å²) >= 11 is 6.04. The average Bonchev–Trinajstić information content (AvgIpc) is 2.40. The molecule has 4 heteroatoms. The van der Waals surface area contributed by atoms with Crippen LogP contribution >= 0.6 is 11.6 Å². The molecule has 1 rings (SSSR count). The third-order valence-corrected chi connectivity index (χ3v) is 3.70. The molecule has 0 radical (unpaired) electrons. The second-order valence-corrected chi connectivity index (χ2v) is 4.97. The van der Waals surface area contributed by atoms with E-state index < -0.39 is 0 Å². The van der Waals surface area contributed by atoms with Gasteiger partial charge in [-0.15, -0.1) is 0 Å². The quantitative estimate of drug-likeness (QED) is 0.746. The highest BCUT2D eigenvalue weighted by molar-refractivity contribution is 6.34. The minimum atomic E-state index is 0.00551. The van der Waals surface area contributed by atoms with Crippen LogP contribution in [0.1, 0.15) is 37.0 Å². The molecule has 0 saturated carbocycles. The Bertz CT molecular complexity index is 405. The second kappa shape index (κ2) is 8.31. The van der Waals surface area contributed by atoms with Crippen LogP contribution in [-0.2, 0) is 0 Å². The average molecular weight is 284 g/mol. The van der Waals surface area contributed by atoms with Crippen molar-refractivity contribution >= 4 is 17.4 Å². The van der Waals surface area contributed by atoms with Crippen LogP contribution in [-0.4, -0.2) is 41.5 Å². The number of carbonyl (C=O) groups is 1. The summed E-state index contributed by atoms with van der Waals surface area (Å²) in [5.41, 5.74) is 0.554. The van der Waals surface area contributed by atoms with Gasteiger partial charge in [-0.2, -0.15) is 0 Å². The van der Waals surface area contributed by atoms with Crippen molar-refractivity contribution in [1.82, 2.24) is 4.90 Å². The first-order chi connectivity index (χ1) is 9.13. The van der Waals surface area contributed by atoms with Crippen molar-refractivity contribution in [2.45, 2.75) is 32.7 Å². The van der Waals surface area contributed by atoms with Crippen molar-refractivity contribution in [3.8, 4) is 0 Å². The van der Waals surface area contributed by atoms with E-state index in [1.807, 2.05) is 17.0 Å². The first-order valence-electron chi connectivity index (χ1n) is 6.76. The van der Waals surface area contributed by atoms with Crippen LogP contribution in [0.15, 0.2) is 24.3 Å². The predicted octanol–water partition coefficient (Wildman–Crippen LogP) is 3.01. The molecular formula is C15H22ClNO2. The molecule has 0 amide bonds. The summed E-state index contributed by atoms with van der Waals surface area (Å²) in [6, 6.07) is 7.41. The predicted molar refractivity (Wildman–Crippen MR) is 78.8 cm³/mol. The van der Waals surface area contributed by atoms with E-state index >= 15 is 0 Å². The zero-order valence-corrected chi connectivity index (χ0v) is 12.4. The van der Waals surface area contributed by atoms with Crippen molar-refractivity contribution < 1.29 is 9.90 Å². The minimum Gasteiger partial charge on any atom is -0.395 e. The second-order valence-electron chi connectivity index (χ2n) is 4.57. The standard InChI is InChI=1S/C15H22ClNO2/c1-3-12(4-2)17(9-10-18)11-15(19)13-7-5-6-8-14(13)16/h5-8,12,18H,3-4,9-11H2,1-2H3. The largest absolute Gasteiger partial charge is 0.395 e. The Morgan fingerprint density at radius 3 is 2.47 bits per heavy atom. The molecule has 0 bridgehead atoms. The van der Waals surface area contributed by atoms with E-state index in [-0.39, 0.29) is 12.4 Å². The van der Waals surface area contributed by atoms with Gasteiger partial charge in [-0.25, -0.2) is 0 Å². The molecule has 0 unspecified atom stereocenters. The zero-order chi connectivity index (χ0) is 14.3. The number of carbonyl (C=O) groups excluding carboxylic acids is 1. The fourth-order valence-corrected chi connectivity index (χ4v) is 2.52. The SMILES string of the molecule is CCC(CC)N(CCO)CC(=O)c1ccccc1Cl. The highest BCUT2D eigenvalue weighted by Crippen LogP contribution is 2.17. The number of hydrogen-bond donors (Lipinski definition) is 1. The van der Waals surface area contributed by atoms with Gasteiger partial charge in [-0.1, -0.05) is 37.6 Å². The van der Waals surface area contributed by atoms with E-state index in [1.165, 1.54) is 0 Å². The molecule has 1 N–H and O–H groups in total. The zero-order valence-electron chi connectivity index (χ0n) is 11.6. The van der Waals surface area contributed by atoms with E-state index in [4.69, 9.17) is 16.7 Å². The lowest BCUT2D eigenvalue weighted by atomic mass is 10.1. The van der Waals surface area contributed by atoms with Gasteiger partial charge in [0.25, 0.3) is 0 Å². The van der Waals surface area contributed by atoms with E-state index in [0.717, 1.165) is 12.8 Å². The Hall–Kier alpha value is -0.900. The van der Waals surface area contributed by atoms with Crippen LogP contribution in [0.4, 0.5) is 0 Å². The van der Waals surface area contributed by atoms with Crippen molar-refractivity contribution in [3.63, 3.8) is 0 Å². The maximum Gasteiger partial charge on any atom is 0.178 e. The van der Waals surface area contributed by atoms with Crippen LogP contribution < -0.4 is 0 Å². The first-order valence-corrected chi connectivity index (χ1v) is 7.14. The molecule has 0 aliphatic rings. The number of benzene rings is 1. The van der Waals surface area contributed by atoms with Gasteiger partial charge in [0.15, 0.2) is 5.78 Å². The van der Waals surface area contributed by atoms with Gasteiger partial charge in [0.2, 0.25) is 0 Å². The lowest BCUT2D eigenvalue weighted by molar-refractivity contribution is 0.0850. The lowest BCUT2D eigenvalue weighted by Gasteiger charge is -2.29. The summed E-state index contributed by atoms with van der Waals surface area (Å²) in [6.07, 6.45) is 1.93. The number of aliphatic hydroxyl groups excluding tert-OH is 1. The Kier molecular flexibility index (Phi) is 7.06. The van der Waals surface area contributed by atoms with Gasteiger partial charge in [-0.05, 0) is 25.0 Å². The molecule has 106 valence electrons. The molecule has 0 atom stereocenters. The monoisotopic (exact) mass is 283 g/mol. The topological polar surface area (TPSA) is 40.5 Å². The number of hydrogen-bond acceptors (Lipinski definition) is 3. The number of rotatable bonds is 8. The maximum absolute atomic E-state index is 12.3. The van der Waals surface area contributed by atoms with Crippen LogP contribution in [0.2, 0.25) is 5.02 Å². The van der Waals surface area contributed by atoms with Crippen LogP contribution in [0, 0.1) is 0 Å². The number of nitrogens with zero attached hydrogens (tertiary/aromatic N) is 1. The summed E-state index contributed by atoms with van der Waals surface area (Å²) in [6.45, 7) is 5.07. The molecule has 0 aromatic heterocycles. The maximum atomic E-state index is 12.3. The Morgan fingerprint density at radius 2 is 1.95 bits per heavy atom. The molecule has 0 fully saturated rings. The van der Waals surface area contributed by atoms with Crippen LogP contribution in [0.3, 0.4) is 0 Å². The number of halogens is 1. The van der Waals surface area contributed by atoms with Gasteiger partial charge in [-0.3, -0.25) is 9.69 Å². The molecule has 1 aromatic rings. The number of Topliss-reactive ketones (excluding diaryl/α,β-unsaturated/α-hetero) is 1. The Labute approximate surface area is 120 Å². The van der Waals surface area contributed by atoms with Crippen molar-refractivity contribution in [2.24, 2.45) is 0 Å². The highest BCUT2D eigenvalue weighted by atomic mass is 35.5. The van der Waals surface area contributed by atoms with Gasteiger partial charge in [0.1, 0.15) is 0 Å². The van der Waals surface area contributed by atoms with Crippen molar-refractivity contribution in [2.75, 3.05) is 19.7 Å². The molecule has 0 spiro atoms. The molecule has 0 heterocycles. The van der Waals surface area contributed by atoms with E-state index in [1.54, 1.807) is 12.1 Å². The summed E-state index contributed by atoms with van der Waals surface area (Å²) < 4.78 is 0. The lowest BCUT2D eigenvalue weighted by Crippen LogP contribution is -2.40. The summed E-state index contributed by atoms with van der Waals surface area (Å²) in [5, 5.41) is 9.62.